The van der Waals surface area contributed by atoms with Crippen LogP contribution in [0.4, 0.5) is 0 Å². The van der Waals surface area contributed by atoms with E-state index in [2.05, 4.69) is 9.97 Å². The molecule has 1 heterocycles. The first-order chi connectivity index (χ1) is 9.21. The number of hydrogen-bond donors (Lipinski definition) is 2. The molecule has 1 aliphatic carbocycles. The maximum absolute atomic E-state index is 6.04. The Morgan fingerprint density at radius 3 is 2.79 bits per heavy atom. The quantitative estimate of drug-likeness (QED) is 0.899. The third kappa shape index (κ3) is 2.63. The number of fused-ring (bicyclic) bond motifs is 1. The molecule has 4 heteroatoms. The normalized spacial score (nSPS) is 18.8. The molecule has 2 aromatic rings. The van der Waals surface area contributed by atoms with Crippen LogP contribution in [-0.2, 0) is 6.42 Å². The van der Waals surface area contributed by atoms with Crippen molar-refractivity contribution in [3.63, 3.8) is 0 Å². The van der Waals surface area contributed by atoms with E-state index in [0.29, 0.717) is 0 Å². The molecule has 0 bridgehead atoms. The molecule has 0 spiro atoms. The molecule has 1 aromatic heterocycles. The molecule has 1 saturated carbocycles. The number of nitrogens with two attached hydrogens (primary N) is 1. The number of hydrogen-bond acceptors (Lipinski definition) is 2. The highest BCUT2D eigenvalue weighted by molar-refractivity contribution is 6.31. The fourth-order valence-corrected chi connectivity index (χ4v) is 3.40. The lowest BCUT2D eigenvalue weighted by Crippen LogP contribution is -2.35. The maximum Gasteiger partial charge on any atom is 0.107 e. The van der Waals surface area contributed by atoms with Crippen LogP contribution < -0.4 is 5.73 Å². The van der Waals surface area contributed by atoms with Gasteiger partial charge in [-0.15, -0.1) is 0 Å². The van der Waals surface area contributed by atoms with Gasteiger partial charge in [0.1, 0.15) is 5.82 Å². The number of imidazole rings is 1. The lowest BCUT2D eigenvalue weighted by Gasteiger charge is -2.35. The number of halogens is 1. The van der Waals surface area contributed by atoms with Crippen molar-refractivity contribution in [2.24, 2.45) is 11.1 Å². The van der Waals surface area contributed by atoms with Gasteiger partial charge in [0.25, 0.3) is 0 Å². The Kier molecular flexibility index (Phi) is 3.50. The zero-order valence-corrected chi connectivity index (χ0v) is 11.8. The first kappa shape index (κ1) is 12.9. The van der Waals surface area contributed by atoms with E-state index in [-0.39, 0.29) is 5.41 Å². The topological polar surface area (TPSA) is 54.7 Å². The van der Waals surface area contributed by atoms with E-state index in [1.807, 2.05) is 18.2 Å². The average molecular weight is 278 g/mol. The number of rotatable bonds is 3. The zero-order chi connectivity index (χ0) is 13.3. The molecule has 3 rings (SSSR count). The molecule has 1 fully saturated rings. The van der Waals surface area contributed by atoms with Crippen molar-refractivity contribution >= 4 is 22.6 Å². The summed E-state index contributed by atoms with van der Waals surface area (Å²) in [5, 5.41) is 0.744. The fourth-order valence-electron chi connectivity index (χ4n) is 3.23. The maximum atomic E-state index is 6.04. The number of aromatic nitrogens is 2. The van der Waals surface area contributed by atoms with Crippen LogP contribution in [0.5, 0.6) is 0 Å². The summed E-state index contributed by atoms with van der Waals surface area (Å²) in [6, 6.07) is 5.78. The Balaban J connectivity index is 1.87. The Morgan fingerprint density at radius 1 is 1.26 bits per heavy atom. The molecule has 0 unspecified atom stereocenters. The van der Waals surface area contributed by atoms with E-state index in [0.717, 1.165) is 34.8 Å². The first-order valence-electron chi connectivity index (χ1n) is 7.05. The van der Waals surface area contributed by atoms with Gasteiger partial charge in [-0.1, -0.05) is 30.9 Å². The zero-order valence-electron chi connectivity index (χ0n) is 11.1. The summed E-state index contributed by atoms with van der Waals surface area (Å²) in [6.45, 7) is 0.755. The summed E-state index contributed by atoms with van der Waals surface area (Å²) >= 11 is 6.01. The molecule has 0 amide bonds. The van der Waals surface area contributed by atoms with Crippen molar-refractivity contribution in [1.29, 1.82) is 0 Å². The number of nitrogens with one attached hydrogen (secondary N) is 1. The molecule has 1 aliphatic rings. The van der Waals surface area contributed by atoms with Gasteiger partial charge in [0.15, 0.2) is 0 Å². The lowest BCUT2D eigenvalue weighted by molar-refractivity contribution is 0.194. The lowest BCUT2D eigenvalue weighted by atomic mass is 9.72. The van der Waals surface area contributed by atoms with Gasteiger partial charge in [0.05, 0.1) is 11.0 Å². The van der Waals surface area contributed by atoms with E-state index >= 15 is 0 Å². The molecule has 0 aliphatic heterocycles. The van der Waals surface area contributed by atoms with Crippen molar-refractivity contribution in [2.45, 2.75) is 38.5 Å². The number of benzene rings is 1. The summed E-state index contributed by atoms with van der Waals surface area (Å²) < 4.78 is 0. The largest absolute Gasteiger partial charge is 0.342 e. The standard InChI is InChI=1S/C15H20ClN3/c16-11-4-5-12-13(8-11)19-14(18-12)9-15(10-17)6-2-1-3-7-15/h4-5,8H,1-3,6-7,9-10,17H2,(H,18,19). The second-order valence-corrected chi connectivity index (χ2v) is 6.22. The summed E-state index contributed by atoms with van der Waals surface area (Å²) in [5.74, 6) is 1.05. The van der Waals surface area contributed by atoms with Gasteiger partial charge in [-0.05, 0) is 43.0 Å². The van der Waals surface area contributed by atoms with Crippen molar-refractivity contribution in [1.82, 2.24) is 9.97 Å². The Hall–Kier alpha value is -1.06. The third-order valence-electron chi connectivity index (χ3n) is 4.38. The van der Waals surface area contributed by atoms with Crippen molar-refractivity contribution in [3.05, 3.63) is 29.0 Å². The highest BCUT2D eigenvalue weighted by Crippen LogP contribution is 2.38. The van der Waals surface area contributed by atoms with Gasteiger partial charge in [0.2, 0.25) is 0 Å². The number of H-pyrrole nitrogens is 1. The predicted octanol–water partition coefficient (Wildman–Crippen LogP) is 3.67. The molecule has 0 radical (unpaired) electrons. The van der Waals surface area contributed by atoms with Crippen LogP contribution in [0.15, 0.2) is 18.2 Å². The van der Waals surface area contributed by atoms with Crippen molar-refractivity contribution < 1.29 is 0 Å². The Bertz CT molecular complexity index is 570. The number of nitrogens with zero attached hydrogens (tertiary/aromatic N) is 1. The smallest absolute Gasteiger partial charge is 0.107 e. The molecular formula is C15H20ClN3. The minimum absolute atomic E-state index is 0.246. The second-order valence-electron chi connectivity index (χ2n) is 5.79. The summed E-state index contributed by atoms with van der Waals surface area (Å²) in [7, 11) is 0. The summed E-state index contributed by atoms with van der Waals surface area (Å²) in [4.78, 5) is 8.06. The van der Waals surface area contributed by atoms with E-state index in [9.17, 15) is 0 Å². The average Bonchev–Trinajstić information content (AvgIpc) is 2.81. The minimum Gasteiger partial charge on any atom is -0.342 e. The molecular weight excluding hydrogens is 258 g/mol. The van der Waals surface area contributed by atoms with Gasteiger partial charge in [-0.25, -0.2) is 4.98 Å². The number of aromatic amines is 1. The highest BCUT2D eigenvalue weighted by atomic mass is 35.5. The summed E-state index contributed by atoms with van der Waals surface area (Å²) in [5.41, 5.74) is 8.29. The molecule has 0 atom stereocenters. The molecule has 3 N–H and O–H groups in total. The van der Waals surface area contributed by atoms with Crippen LogP contribution in [-0.4, -0.2) is 16.5 Å². The van der Waals surface area contributed by atoms with E-state index in [4.69, 9.17) is 17.3 Å². The van der Waals surface area contributed by atoms with Crippen LogP contribution in [0.3, 0.4) is 0 Å². The van der Waals surface area contributed by atoms with Gasteiger partial charge >= 0.3 is 0 Å². The molecule has 3 nitrogen and oxygen atoms in total. The third-order valence-corrected chi connectivity index (χ3v) is 4.62. The molecule has 19 heavy (non-hydrogen) atoms. The van der Waals surface area contributed by atoms with Crippen LogP contribution in [0.25, 0.3) is 11.0 Å². The van der Waals surface area contributed by atoms with Crippen LogP contribution >= 0.6 is 11.6 Å². The predicted molar refractivity (Wildman–Crippen MR) is 79.4 cm³/mol. The van der Waals surface area contributed by atoms with Gasteiger partial charge in [-0.2, -0.15) is 0 Å². The van der Waals surface area contributed by atoms with Gasteiger partial charge in [0, 0.05) is 11.4 Å². The molecule has 102 valence electrons. The van der Waals surface area contributed by atoms with Crippen molar-refractivity contribution in [2.75, 3.05) is 6.54 Å². The van der Waals surface area contributed by atoms with Crippen LogP contribution in [0, 0.1) is 5.41 Å². The van der Waals surface area contributed by atoms with Crippen LogP contribution in [0.2, 0.25) is 5.02 Å². The van der Waals surface area contributed by atoms with Crippen LogP contribution in [0.1, 0.15) is 37.9 Å². The molecule has 1 aromatic carbocycles. The SMILES string of the molecule is NCC1(Cc2nc3ccc(Cl)cc3[nH]2)CCCCC1. The van der Waals surface area contributed by atoms with Crippen molar-refractivity contribution in [3.8, 4) is 0 Å². The van der Waals surface area contributed by atoms with E-state index in [1.165, 1.54) is 32.1 Å². The van der Waals surface area contributed by atoms with Gasteiger partial charge < -0.3 is 10.7 Å². The monoisotopic (exact) mass is 277 g/mol. The fraction of sp³-hybridized carbons (Fsp3) is 0.533. The first-order valence-corrected chi connectivity index (χ1v) is 7.43. The second kappa shape index (κ2) is 5.14. The summed E-state index contributed by atoms with van der Waals surface area (Å²) in [6.07, 6.45) is 7.34. The van der Waals surface area contributed by atoms with Gasteiger partial charge in [-0.3, -0.25) is 0 Å². The minimum atomic E-state index is 0.246. The highest BCUT2D eigenvalue weighted by Gasteiger charge is 2.31. The Labute approximate surface area is 118 Å². The van der Waals surface area contributed by atoms with E-state index in [1.54, 1.807) is 0 Å². The Morgan fingerprint density at radius 2 is 2.05 bits per heavy atom. The van der Waals surface area contributed by atoms with E-state index < -0.39 is 0 Å². The molecule has 0 saturated heterocycles.